The summed E-state index contributed by atoms with van der Waals surface area (Å²) in [5.74, 6) is 0.0459. The van der Waals surface area contributed by atoms with Crippen molar-refractivity contribution in [1.29, 1.82) is 0 Å². The molecule has 7 nitrogen and oxygen atoms in total. The topological polar surface area (TPSA) is 85.8 Å². The Morgan fingerprint density at radius 2 is 2.23 bits per heavy atom. The lowest BCUT2D eigenvalue weighted by molar-refractivity contribution is 0.0938. The third-order valence-corrected chi connectivity index (χ3v) is 3.72. The van der Waals surface area contributed by atoms with Gasteiger partial charge in [-0.05, 0) is 12.1 Å². The molecule has 1 N–H and O–H groups in total. The predicted molar refractivity (Wildman–Crippen MR) is 88.9 cm³/mol. The number of amides is 1. The van der Waals surface area contributed by atoms with Crippen LogP contribution in [0.2, 0.25) is 5.02 Å². The van der Waals surface area contributed by atoms with Gasteiger partial charge >= 0.3 is 0 Å². The number of hydrogen-bond donors (Lipinski definition) is 1. The molecule has 136 valence electrons. The largest absolute Gasteiger partial charge is 0.351 e. The Bertz CT molecular complexity index is 925. The van der Waals surface area contributed by atoms with Gasteiger partial charge in [-0.3, -0.25) is 9.48 Å². The number of nitrogens with one attached hydrogen (secondary N) is 1. The van der Waals surface area contributed by atoms with Gasteiger partial charge in [0.25, 0.3) is 12.3 Å². The summed E-state index contributed by atoms with van der Waals surface area (Å²) in [7, 11) is 1.47. The van der Waals surface area contributed by atoms with E-state index in [2.05, 4.69) is 20.6 Å². The monoisotopic (exact) mass is 381 g/mol. The first-order valence-electron chi connectivity index (χ1n) is 7.62. The summed E-state index contributed by atoms with van der Waals surface area (Å²) in [6.07, 6.45) is -1.32. The zero-order chi connectivity index (χ0) is 18.7. The first kappa shape index (κ1) is 18.0. The molecule has 3 aromatic rings. The molecule has 1 aromatic carbocycles. The smallest absolute Gasteiger partial charge is 0.282 e. The minimum atomic E-state index is -2.83. The molecule has 0 radical (unpaired) electrons. The summed E-state index contributed by atoms with van der Waals surface area (Å²) < 4.78 is 32.1. The molecule has 26 heavy (non-hydrogen) atoms. The minimum Gasteiger partial charge on any atom is -0.351 e. The molecule has 0 aliphatic carbocycles. The highest BCUT2D eigenvalue weighted by Gasteiger charge is 2.22. The molecule has 0 fully saturated rings. The number of carbonyl (C=O) groups is 1. The standard InChI is InChI=1S/C16H14ClF2N5O2/c1-24-8-11(13(22-24)14(18)19)16(25)20-6-5-12-21-15(23-26-12)9-3-2-4-10(17)7-9/h2-4,7-8,14H,5-6H2,1H3,(H,20,25). The Balaban J connectivity index is 1.60. The minimum absolute atomic E-state index is 0.146. The van der Waals surface area contributed by atoms with Gasteiger partial charge in [0.15, 0.2) is 0 Å². The van der Waals surface area contributed by atoms with Crippen LogP contribution in [0.15, 0.2) is 35.0 Å². The number of nitrogens with zero attached hydrogens (tertiary/aromatic N) is 4. The van der Waals surface area contributed by atoms with Crippen molar-refractivity contribution in [2.45, 2.75) is 12.8 Å². The summed E-state index contributed by atoms with van der Waals surface area (Å²) in [6, 6.07) is 6.99. The van der Waals surface area contributed by atoms with Crippen molar-refractivity contribution in [2.24, 2.45) is 7.05 Å². The molecule has 0 aliphatic heterocycles. The van der Waals surface area contributed by atoms with Gasteiger partial charge in [0.05, 0.1) is 5.56 Å². The number of carbonyl (C=O) groups excluding carboxylic acids is 1. The van der Waals surface area contributed by atoms with Gasteiger partial charge < -0.3 is 9.84 Å². The Kier molecular flexibility index (Phi) is 5.27. The van der Waals surface area contributed by atoms with Crippen LogP contribution >= 0.6 is 11.6 Å². The van der Waals surface area contributed by atoms with E-state index in [4.69, 9.17) is 16.1 Å². The van der Waals surface area contributed by atoms with Gasteiger partial charge in [0, 0.05) is 36.8 Å². The lowest BCUT2D eigenvalue weighted by Gasteiger charge is -2.03. The number of halogens is 3. The molecule has 0 aliphatic rings. The highest BCUT2D eigenvalue weighted by Crippen LogP contribution is 2.21. The van der Waals surface area contributed by atoms with Gasteiger partial charge in [-0.1, -0.05) is 28.9 Å². The zero-order valence-electron chi connectivity index (χ0n) is 13.6. The summed E-state index contributed by atoms with van der Waals surface area (Å²) in [6.45, 7) is 0.146. The second-order valence-electron chi connectivity index (χ2n) is 5.43. The van der Waals surface area contributed by atoms with Crippen molar-refractivity contribution in [2.75, 3.05) is 6.54 Å². The first-order valence-corrected chi connectivity index (χ1v) is 8.00. The number of hydrogen-bond acceptors (Lipinski definition) is 5. The Morgan fingerprint density at radius 3 is 2.96 bits per heavy atom. The molecule has 0 spiro atoms. The van der Waals surface area contributed by atoms with Crippen LogP contribution in [0.4, 0.5) is 8.78 Å². The molecular weight excluding hydrogens is 368 g/mol. The summed E-state index contributed by atoms with van der Waals surface area (Å²) in [5.41, 5.74) is -0.00727. The maximum absolute atomic E-state index is 12.9. The summed E-state index contributed by atoms with van der Waals surface area (Å²) in [5, 5.41) is 10.5. The number of benzene rings is 1. The van der Waals surface area contributed by atoms with E-state index in [1.165, 1.54) is 17.9 Å². The van der Waals surface area contributed by atoms with E-state index >= 15 is 0 Å². The molecule has 2 heterocycles. The van der Waals surface area contributed by atoms with Crippen LogP contribution in [0.5, 0.6) is 0 Å². The highest BCUT2D eigenvalue weighted by molar-refractivity contribution is 6.30. The van der Waals surface area contributed by atoms with Gasteiger partial charge in [-0.15, -0.1) is 0 Å². The Labute approximate surface area is 152 Å². The van der Waals surface area contributed by atoms with Crippen molar-refractivity contribution in [3.63, 3.8) is 0 Å². The fourth-order valence-corrected chi connectivity index (χ4v) is 2.51. The molecule has 2 aromatic heterocycles. The second-order valence-corrected chi connectivity index (χ2v) is 5.87. The maximum Gasteiger partial charge on any atom is 0.282 e. The van der Waals surface area contributed by atoms with Crippen molar-refractivity contribution in [1.82, 2.24) is 25.2 Å². The van der Waals surface area contributed by atoms with Crippen LogP contribution in [0.3, 0.4) is 0 Å². The van der Waals surface area contributed by atoms with Gasteiger partial charge in [0.1, 0.15) is 5.69 Å². The molecule has 0 atom stereocenters. The highest BCUT2D eigenvalue weighted by atomic mass is 35.5. The number of rotatable bonds is 6. The molecule has 10 heteroatoms. The SMILES string of the molecule is Cn1cc(C(=O)NCCc2nc(-c3cccc(Cl)c3)no2)c(C(F)F)n1. The Morgan fingerprint density at radius 1 is 1.42 bits per heavy atom. The molecule has 1 amide bonds. The third kappa shape index (κ3) is 4.05. The van der Waals surface area contributed by atoms with E-state index in [0.29, 0.717) is 22.3 Å². The van der Waals surface area contributed by atoms with Crippen LogP contribution < -0.4 is 5.32 Å². The fraction of sp³-hybridized carbons (Fsp3) is 0.250. The Hall–Kier alpha value is -2.81. The van der Waals surface area contributed by atoms with E-state index in [0.717, 1.165) is 0 Å². The zero-order valence-corrected chi connectivity index (χ0v) is 14.4. The average molecular weight is 382 g/mol. The maximum atomic E-state index is 12.9. The van der Waals surface area contributed by atoms with Crippen LogP contribution in [0.25, 0.3) is 11.4 Å². The van der Waals surface area contributed by atoms with Crippen molar-refractivity contribution >= 4 is 17.5 Å². The quantitative estimate of drug-likeness (QED) is 0.709. The first-order chi connectivity index (χ1) is 12.4. The molecule has 0 saturated heterocycles. The van der Waals surface area contributed by atoms with E-state index in [1.54, 1.807) is 24.3 Å². The number of aromatic nitrogens is 4. The summed E-state index contributed by atoms with van der Waals surface area (Å²) in [4.78, 5) is 16.3. The van der Waals surface area contributed by atoms with Crippen molar-refractivity contribution < 1.29 is 18.1 Å². The van der Waals surface area contributed by atoms with E-state index in [1.807, 2.05) is 0 Å². The average Bonchev–Trinajstić information content (AvgIpc) is 3.21. The van der Waals surface area contributed by atoms with E-state index in [9.17, 15) is 13.6 Å². The van der Waals surface area contributed by atoms with Crippen LogP contribution in [-0.2, 0) is 13.5 Å². The van der Waals surface area contributed by atoms with Crippen LogP contribution in [0, 0.1) is 0 Å². The van der Waals surface area contributed by atoms with Crippen molar-refractivity contribution in [3.8, 4) is 11.4 Å². The molecule has 0 saturated carbocycles. The van der Waals surface area contributed by atoms with Crippen LogP contribution in [0.1, 0.15) is 28.4 Å². The van der Waals surface area contributed by atoms with E-state index < -0.39 is 18.0 Å². The molecule has 3 rings (SSSR count). The van der Waals surface area contributed by atoms with Gasteiger partial charge in [0.2, 0.25) is 11.7 Å². The van der Waals surface area contributed by atoms with Gasteiger partial charge in [-0.2, -0.15) is 10.1 Å². The van der Waals surface area contributed by atoms with Crippen molar-refractivity contribution in [3.05, 3.63) is 52.6 Å². The number of alkyl halides is 2. The normalized spacial score (nSPS) is 11.1. The second kappa shape index (κ2) is 7.61. The predicted octanol–water partition coefficient (Wildman–Crippen LogP) is 3.03. The van der Waals surface area contributed by atoms with Crippen LogP contribution in [-0.4, -0.2) is 32.4 Å². The molecule has 0 unspecified atom stereocenters. The van der Waals surface area contributed by atoms with Gasteiger partial charge in [-0.25, -0.2) is 8.78 Å². The summed E-state index contributed by atoms with van der Waals surface area (Å²) >= 11 is 5.92. The molecular formula is C16H14ClF2N5O2. The third-order valence-electron chi connectivity index (χ3n) is 3.48. The fourth-order valence-electron chi connectivity index (χ4n) is 2.32. The lowest BCUT2D eigenvalue weighted by atomic mass is 10.2. The van der Waals surface area contributed by atoms with E-state index in [-0.39, 0.29) is 18.5 Å². The molecule has 0 bridgehead atoms. The number of aryl methyl sites for hydroxylation is 1. The lowest BCUT2D eigenvalue weighted by Crippen LogP contribution is -2.26.